The van der Waals surface area contributed by atoms with Gasteiger partial charge in [-0.2, -0.15) is 0 Å². The average molecular weight is 354 g/mol. The third kappa shape index (κ3) is 4.10. The van der Waals surface area contributed by atoms with Crippen molar-refractivity contribution in [3.63, 3.8) is 0 Å². The summed E-state index contributed by atoms with van der Waals surface area (Å²) in [5.41, 5.74) is 3.35. The Labute approximate surface area is 150 Å². The van der Waals surface area contributed by atoms with Gasteiger partial charge in [0.05, 0.1) is 0 Å². The highest BCUT2D eigenvalue weighted by Crippen LogP contribution is 2.20. The first-order valence-corrected chi connectivity index (χ1v) is 7.99. The summed E-state index contributed by atoms with van der Waals surface area (Å²) < 4.78 is 1.57. The molecule has 7 heteroatoms. The zero-order chi connectivity index (χ0) is 17.8. The molecule has 1 N–H and O–H groups in total. The molecule has 0 aliphatic carbocycles. The lowest BCUT2D eigenvalue weighted by Gasteiger charge is -2.05. The molecule has 0 atom stereocenters. The van der Waals surface area contributed by atoms with Crippen molar-refractivity contribution in [2.45, 2.75) is 6.92 Å². The van der Waals surface area contributed by atoms with Crippen molar-refractivity contribution < 1.29 is 4.79 Å². The molecule has 0 radical (unpaired) electrons. The quantitative estimate of drug-likeness (QED) is 0.729. The molecule has 2 aromatic carbocycles. The summed E-state index contributed by atoms with van der Waals surface area (Å²) in [7, 11) is 1.76. The van der Waals surface area contributed by atoms with E-state index in [2.05, 4.69) is 20.8 Å². The highest BCUT2D eigenvalue weighted by molar-refractivity contribution is 6.31. The largest absolute Gasteiger partial charge is 0.322 e. The lowest BCUT2D eigenvalue weighted by Crippen LogP contribution is -2.07. The molecule has 0 spiro atoms. The van der Waals surface area contributed by atoms with Crippen molar-refractivity contribution in [2.75, 3.05) is 5.32 Å². The molecule has 0 bridgehead atoms. The predicted octanol–water partition coefficient (Wildman–Crippen LogP) is 3.49. The Hall–Kier alpha value is -2.99. The van der Waals surface area contributed by atoms with Gasteiger partial charge in [0, 0.05) is 29.4 Å². The van der Waals surface area contributed by atoms with E-state index in [1.807, 2.05) is 49.4 Å². The van der Waals surface area contributed by atoms with Crippen LogP contribution < -0.4 is 5.32 Å². The van der Waals surface area contributed by atoms with Crippen LogP contribution in [0.1, 0.15) is 11.1 Å². The van der Waals surface area contributed by atoms with Crippen LogP contribution in [0.3, 0.4) is 0 Å². The average Bonchev–Trinajstić information content (AvgIpc) is 3.02. The van der Waals surface area contributed by atoms with Gasteiger partial charge in [-0.05, 0) is 52.8 Å². The number of hydrogen-bond donors (Lipinski definition) is 1. The maximum atomic E-state index is 12.1. The third-order valence-electron chi connectivity index (χ3n) is 3.63. The Morgan fingerprint density at radius 1 is 1.24 bits per heavy atom. The fourth-order valence-corrected chi connectivity index (χ4v) is 2.47. The van der Waals surface area contributed by atoms with Crippen molar-refractivity contribution in [1.29, 1.82) is 0 Å². The minimum atomic E-state index is -0.232. The van der Waals surface area contributed by atoms with E-state index in [4.69, 9.17) is 11.6 Å². The van der Waals surface area contributed by atoms with E-state index in [9.17, 15) is 4.79 Å². The number of hydrogen-bond acceptors (Lipinski definition) is 4. The van der Waals surface area contributed by atoms with Crippen molar-refractivity contribution in [3.8, 4) is 11.4 Å². The molecule has 6 nitrogen and oxygen atoms in total. The molecule has 0 aliphatic heterocycles. The van der Waals surface area contributed by atoms with E-state index < -0.39 is 0 Å². The Morgan fingerprint density at radius 2 is 2.08 bits per heavy atom. The monoisotopic (exact) mass is 353 g/mol. The number of aryl methyl sites for hydroxylation is 2. The first-order chi connectivity index (χ1) is 12.0. The van der Waals surface area contributed by atoms with Crippen LogP contribution in [0.25, 0.3) is 17.5 Å². The smallest absolute Gasteiger partial charge is 0.248 e. The zero-order valence-electron chi connectivity index (χ0n) is 13.8. The number of carbonyl (C=O) groups is 1. The minimum absolute atomic E-state index is 0.232. The van der Waals surface area contributed by atoms with Crippen molar-refractivity contribution in [1.82, 2.24) is 20.2 Å². The number of benzene rings is 2. The summed E-state index contributed by atoms with van der Waals surface area (Å²) in [5.74, 6) is 0.394. The Kier molecular flexibility index (Phi) is 4.90. The van der Waals surface area contributed by atoms with Gasteiger partial charge in [0.25, 0.3) is 0 Å². The second-order valence-corrected chi connectivity index (χ2v) is 5.95. The molecule has 126 valence electrons. The van der Waals surface area contributed by atoms with Gasteiger partial charge in [0.2, 0.25) is 5.91 Å². The Morgan fingerprint density at radius 3 is 2.80 bits per heavy atom. The maximum absolute atomic E-state index is 12.1. The first kappa shape index (κ1) is 16.9. The van der Waals surface area contributed by atoms with Crippen LogP contribution in [0, 0.1) is 6.92 Å². The molecule has 0 saturated heterocycles. The molecule has 0 fully saturated rings. The molecular formula is C18H16ClN5O. The van der Waals surface area contributed by atoms with Crippen molar-refractivity contribution >= 4 is 29.3 Å². The second kappa shape index (κ2) is 7.27. The summed E-state index contributed by atoms with van der Waals surface area (Å²) in [6, 6.07) is 13.0. The third-order valence-corrected chi connectivity index (χ3v) is 4.04. The van der Waals surface area contributed by atoms with Gasteiger partial charge in [-0.3, -0.25) is 4.79 Å². The topological polar surface area (TPSA) is 72.7 Å². The van der Waals surface area contributed by atoms with E-state index in [0.29, 0.717) is 16.5 Å². The summed E-state index contributed by atoms with van der Waals surface area (Å²) in [6.07, 6.45) is 3.19. The molecular weight excluding hydrogens is 338 g/mol. The van der Waals surface area contributed by atoms with E-state index in [1.165, 1.54) is 6.08 Å². The Bertz CT molecular complexity index is 948. The maximum Gasteiger partial charge on any atom is 0.248 e. The summed E-state index contributed by atoms with van der Waals surface area (Å²) >= 11 is 6.09. The highest BCUT2D eigenvalue weighted by Gasteiger charge is 2.07. The molecule has 1 aromatic heterocycles. The molecule has 0 unspecified atom stereocenters. The second-order valence-electron chi connectivity index (χ2n) is 5.54. The number of nitrogens with zero attached hydrogens (tertiary/aromatic N) is 4. The highest BCUT2D eigenvalue weighted by atomic mass is 35.5. The van der Waals surface area contributed by atoms with Crippen molar-refractivity contribution in [2.24, 2.45) is 7.05 Å². The van der Waals surface area contributed by atoms with E-state index in [0.717, 1.165) is 16.7 Å². The van der Waals surface area contributed by atoms with Gasteiger partial charge in [-0.15, -0.1) is 5.10 Å². The van der Waals surface area contributed by atoms with Gasteiger partial charge in [-0.1, -0.05) is 35.9 Å². The summed E-state index contributed by atoms with van der Waals surface area (Å²) in [5, 5.41) is 14.9. The summed E-state index contributed by atoms with van der Waals surface area (Å²) in [6.45, 7) is 1.93. The number of amides is 1. The summed E-state index contributed by atoms with van der Waals surface area (Å²) in [4.78, 5) is 12.1. The van der Waals surface area contributed by atoms with Gasteiger partial charge in [0.15, 0.2) is 5.82 Å². The van der Waals surface area contributed by atoms with Crippen LogP contribution in [0.15, 0.2) is 48.5 Å². The molecule has 25 heavy (non-hydrogen) atoms. The molecule has 0 aliphatic rings. The molecule has 1 heterocycles. The number of nitrogens with one attached hydrogen (secondary N) is 1. The van der Waals surface area contributed by atoms with Crippen LogP contribution in [0.5, 0.6) is 0 Å². The number of tetrazole rings is 1. The van der Waals surface area contributed by atoms with Gasteiger partial charge < -0.3 is 5.32 Å². The normalized spacial score (nSPS) is 11.0. The lowest BCUT2D eigenvalue weighted by atomic mass is 10.1. The van der Waals surface area contributed by atoms with Gasteiger partial charge >= 0.3 is 0 Å². The molecule has 3 aromatic rings. The van der Waals surface area contributed by atoms with Crippen LogP contribution in [-0.2, 0) is 11.8 Å². The van der Waals surface area contributed by atoms with E-state index in [-0.39, 0.29) is 5.91 Å². The van der Waals surface area contributed by atoms with E-state index >= 15 is 0 Å². The number of anilines is 1. The number of halogens is 1. The molecule has 3 rings (SSSR count). The van der Waals surface area contributed by atoms with Gasteiger partial charge in [-0.25, -0.2) is 4.68 Å². The first-order valence-electron chi connectivity index (χ1n) is 7.61. The standard InChI is InChI=1S/C18H16ClN5O/c1-12-6-7-13(10-16(12)19)8-9-17(25)20-15-5-3-4-14(11-15)18-21-22-23-24(18)2/h3-11H,1-2H3,(H,20,25)/b9-8+. The van der Waals surface area contributed by atoms with Gasteiger partial charge in [0.1, 0.15) is 0 Å². The van der Waals surface area contributed by atoms with Crippen molar-refractivity contribution in [3.05, 3.63) is 64.7 Å². The fraction of sp³-hybridized carbons (Fsp3) is 0.111. The SMILES string of the molecule is Cc1ccc(/C=C/C(=O)Nc2cccc(-c3nnnn3C)c2)cc1Cl. The fourth-order valence-electron chi connectivity index (χ4n) is 2.28. The lowest BCUT2D eigenvalue weighted by molar-refractivity contribution is -0.111. The van der Waals surface area contributed by atoms with E-state index in [1.54, 1.807) is 17.8 Å². The van der Waals surface area contributed by atoms with Crippen LogP contribution in [0.4, 0.5) is 5.69 Å². The van der Waals surface area contributed by atoms with Crippen LogP contribution in [0.2, 0.25) is 5.02 Å². The number of carbonyl (C=O) groups excluding carboxylic acids is 1. The number of rotatable bonds is 4. The van der Waals surface area contributed by atoms with Crippen LogP contribution in [-0.4, -0.2) is 26.1 Å². The Balaban J connectivity index is 1.72. The zero-order valence-corrected chi connectivity index (χ0v) is 14.5. The number of aromatic nitrogens is 4. The molecule has 0 saturated carbocycles. The minimum Gasteiger partial charge on any atom is -0.322 e. The predicted molar refractivity (Wildman–Crippen MR) is 98.1 cm³/mol. The molecule has 1 amide bonds. The van der Waals surface area contributed by atoms with Crippen LogP contribution >= 0.6 is 11.6 Å².